The molecule has 5 nitrogen and oxygen atoms in total. The van der Waals surface area contributed by atoms with Gasteiger partial charge in [-0.25, -0.2) is 0 Å². The molecule has 1 saturated heterocycles. The van der Waals surface area contributed by atoms with Crippen molar-refractivity contribution < 1.29 is 19.1 Å². The molecule has 0 bridgehead atoms. The topological polar surface area (TPSA) is 55.8 Å². The van der Waals surface area contributed by atoms with E-state index in [2.05, 4.69) is 0 Å². The Morgan fingerprint density at radius 1 is 0.964 bits per heavy atom. The molecule has 1 aliphatic heterocycles. The van der Waals surface area contributed by atoms with Gasteiger partial charge < -0.3 is 14.4 Å². The zero-order valence-corrected chi connectivity index (χ0v) is 16.5. The molecule has 0 radical (unpaired) electrons. The standard InChI is InChI=1S/C23H27NO4/c1-17(23(26)24-14-8-3-4-9-15-24)28-21-16-19(27-2)12-13-20(21)22(25)18-10-6-5-7-11-18/h5-7,10-13,16-17H,3-4,8-9,14-15H2,1-2H3/t17-/m1/s1. The first-order valence-electron chi connectivity index (χ1n) is 9.83. The van der Waals surface area contributed by atoms with Crippen LogP contribution in [0.5, 0.6) is 11.5 Å². The summed E-state index contributed by atoms with van der Waals surface area (Å²) in [4.78, 5) is 27.7. The van der Waals surface area contributed by atoms with Crippen LogP contribution in [0.25, 0.3) is 0 Å². The van der Waals surface area contributed by atoms with Crippen molar-refractivity contribution in [2.75, 3.05) is 20.2 Å². The molecule has 28 heavy (non-hydrogen) atoms. The summed E-state index contributed by atoms with van der Waals surface area (Å²) in [6.07, 6.45) is 3.69. The summed E-state index contributed by atoms with van der Waals surface area (Å²) in [5.74, 6) is 0.758. The molecular weight excluding hydrogens is 354 g/mol. The zero-order chi connectivity index (χ0) is 19.9. The van der Waals surface area contributed by atoms with Gasteiger partial charge in [0.1, 0.15) is 11.5 Å². The van der Waals surface area contributed by atoms with Gasteiger partial charge in [-0.2, -0.15) is 0 Å². The minimum absolute atomic E-state index is 0.0390. The third kappa shape index (κ3) is 4.71. The Balaban J connectivity index is 1.83. The maximum atomic E-state index is 12.9. The van der Waals surface area contributed by atoms with Crippen molar-refractivity contribution in [1.29, 1.82) is 0 Å². The molecule has 1 fully saturated rings. The van der Waals surface area contributed by atoms with Crippen LogP contribution >= 0.6 is 0 Å². The van der Waals surface area contributed by atoms with E-state index in [1.807, 2.05) is 23.1 Å². The van der Waals surface area contributed by atoms with E-state index < -0.39 is 6.10 Å². The maximum Gasteiger partial charge on any atom is 0.263 e. The van der Waals surface area contributed by atoms with E-state index in [1.165, 1.54) is 0 Å². The van der Waals surface area contributed by atoms with Crippen LogP contribution in [0.2, 0.25) is 0 Å². The summed E-state index contributed by atoms with van der Waals surface area (Å²) in [5.41, 5.74) is 0.992. The number of methoxy groups -OCH3 is 1. The van der Waals surface area contributed by atoms with Gasteiger partial charge in [0, 0.05) is 24.7 Å². The lowest BCUT2D eigenvalue weighted by molar-refractivity contribution is -0.137. The van der Waals surface area contributed by atoms with Gasteiger partial charge in [0.2, 0.25) is 0 Å². The first-order valence-corrected chi connectivity index (χ1v) is 9.83. The quantitative estimate of drug-likeness (QED) is 0.707. The molecule has 148 valence electrons. The van der Waals surface area contributed by atoms with E-state index in [1.54, 1.807) is 44.4 Å². The van der Waals surface area contributed by atoms with Crippen LogP contribution in [0.15, 0.2) is 48.5 Å². The van der Waals surface area contributed by atoms with Crippen LogP contribution < -0.4 is 9.47 Å². The molecule has 1 atom stereocenters. The number of benzene rings is 2. The fraction of sp³-hybridized carbons (Fsp3) is 0.391. The molecule has 5 heteroatoms. The smallest absolute Gasteiger partial charge is 0.263 e. The highest BCUT2D eigenvalue weighted by Crippen LogP contribution is 2.28. The molecule has 2 aromatic carbocycles. The third-order valence-electron chi connectivity index (χ3n) is 5.04. The van der Waals surface area contributed by atoms with Gasteiger partial charge in [0.25, 0.3) is 5.91 Å². The molecule has 0 aromatic heterocycles. The summed E-state index contributed by atoms with van der Waals surface area (Å²) in [7, 11) is 1.56. The van der Waals surface area contributed by atoms with Crippen LogP contribution in [0, 0.1) is 0 Å². The van der Waals surface area contributed by atoms with E-state index in [4.69, 9.17) is 9.47 Å². The van der Waals surface area contributed by atoms with Gasteiger partial charge in [0.15, 0.2) is 11.9 Å². The van der Waals surface area contributed by atoms with E-state index in [0.717, 1.165) is 38.8 Å². The fourth-order valence-electron chi connectivity index (χ4n) is 3.45. The first-order chi connectivity index (χ1) is 13.6. The lowest BCUT2D eigenvalue weighted by atomic mass is 10.0. The highest BCUT2D eigenvalue weighted by molar-refractivity contribution is 6.10. The Morgan fingerprint density at radius 2 is 1.64 bits per heavy atom. The van der Waals surface area contributed by atoms with Crippen LogP contribution in [0.1, 0.15) is 48.5 Å². The molecule has 1 heterocycles. The average molecular weight is 381 g/mol. The molecule has 0 saturated carbocycles. The molecule has 2 aromatic rings. The van der Waals surface area contributed by atoms with Crippen molar-refractivity contribution in [3.63, 3.8) is 0 Å². The van der Waals surface area contributed by atoms with Crippen LogP contribution in [0.4, 0.5) is 0 Å². The summed E-state index contributed by atoms with van der Waals surface area (Å²) in [6.45, 7) is 3.27. The van der Waals surface area contributed by atoms with Gasteiger partial charge in [-0.15, -0.1) is 0 Å². The summed E-state index contributed by atoms with van der Waals surface area (Å²) < 4.78 is 11.3. The number of ketones is 1. The van der Waals surface area contributed by atoms with Crippen molar-refractivity contribution in [2.24, 2.45) is 0 Å². The minimum Gasteiger partial charge on any atom is -0.497 e. The third-order valence-corrected chi connectivity index (χ3v) is 5.04. The Bertz CT molecular complexity index is 811. The van der Waals surface area contributed by atoms with Gasteiger partial charge >= 0.3 is 0 Å². The number of carbonyl (C=O) groups is 2. The molecule has 0 spiro atoms. The van der Waals surface area contributed by atoms with Gasteiger partial charge in [-0.3, -0.25) is 9.59 Å². The number of hydrogen-bond acceptors (Lipinski definition) is 4. The predicted molar refractivity (Wildman–Crippen MR) is 108 cm³/mol. The molecule has 1 amide bonds. The number of hydrogen-bond donors (Lipinski definition) is 0. The van der Waals surface area contributed by atoms with Gasteiger partial charge in [-0.05, 0) is 31.9 Å². The van der Waals surface area contributed by atoms with E-state index in [-0.39, 0.29) is 11.7 Å². The lowest BCUT2D eigenvalue weighted by Gasteiger charge is -2.25. The minimum atomic E-state index is -0.674. The van der Waals surface area contributed by atoms with Crippen LogP contribution in [-0.4, -0.2) is 42.9 Å². The average Bonchev–Trinajstić information content (AvgIpc) is 3.02. The molecular formula is C23H27NO4. The van der Waals surface area contributed by atoms with Crippen LogP contribution in [-0.2, 0) is 4.79 Å². The Hall–Kier alpha value is -2.82. The highest BCUT2D eigenvalue weighted by atomic mass is 16.5. The SMILES string of the molecule is COc1ccc(C(=O)c2ccccc2)c(O[C@H](C)C(=O)N2CCCCCC2)c1. The number of amides is 1. The van der Waals surface area contributed by atoms with Crippen molar-refractivity contribution in [3.8, 4) is 11.5 Å². The van der Waals surface area contributed by atoms with E-state index in [9.17, 15) is 9.59 Å². The maximum absolute atomic E-state index is 12.9. The summed E-state index contributed by atoms with van der Waals surface area (Å²) in [5, 5.41) is 0. The summed E-state index contributed by atoms with van der Waals surface area (Å²) in [6, 6.07) is 14.1. The van der Waals surface area contributed by atoms with Crippen molar-refractivity contribution in [1.82, 2.24) is 4.90 Å². The molecule has 1 aliphatic rings. The molecule has 3 rings (SSSR count). The fourth-order valence-corrected chi connectivity index (χ4v) is 3.45. The van der Waals surface area contributed by atoms with Gasteiger partial charge in [-0.1, -0.05) is 43.2 Å². The monoisotopic (exact) mass is 381 g/mol. The highest BCUT2D eigenvalue weighted by Gasteiger charge is 2.25. The number of ether oxygens (including phenoxy) is 2. The molecule has 0 unspecified atom stereocenters. The Kier molecular flexibility index (Phi) is 6.69. The predicted octanol–water partition coefficient (Wildman–Crippen LogP) is 4.10. The molecule has 0 N–H and O–H groups in total. The zero-order valence-electron chi connectivity index (χ0n) is 16.5. The summed E-state index contributed by atoms with van der Waals surface area (Å²) >= 11 is 0. The van der Waals surface area contributed by atoms with Crippen LogP contribution in [0.3, 0.4) is 0 Å². The Labute approximate surface area is 166 Å². The molecule has 0 aliphatic carbocycles. The second-order valence-corrected chi connectivity index (χ2v) is 7.06. The first kappa shape index (κ1) is 19.9. The normalized spacial score (nSPS) is 15.4. The number of rotatable bonds is 6. The van der Waals surface area contributed by atoms with Gasteiger partial charge in [0.05, 0.1) is 12.7 Å². The number of likely N-dealkylation sites (tertiary alicyclic amines) is 1. The Morgan fingerprint density at radius 3 is 2.29 bits per heavy atom. The van der Waals surface area contributed by atoms with E-state index >= 15 is 0 Å². The van der Waals surface area contributed by atoms with E-state index in [0.29, 0.717) is 22.6 Å². The van der Waals surface area contributed by atoms with Crippen molar-refractivity contribution in [2.45, 2.75) is 38.7 Å². The second kappa shape index (κ2) is 9.40. The largest absolute Gasteiger partial charge is 0.497 e. The van der Waals surface area contributed by atoms with Crippen molar-refractivity contribution in [3.05, 3.63) is 59.7 Å². The number of nitrogens with zero attached hydrogens (tertiary/aromatic N) is 1. The second-order valence-electron chi connectivity index (χ2n) is 7.06. The number of carbonyl (C=O) groups excluding carboxylic acids is 2. The van der Waals surface area contributed by atoms with Crippen molar-refractivity contribution >= 4 is 11.7 Å². The lowest BCUT2D eigenvalue weighted by Crippen LogP contribution is -2.41.